The van der Waals surface area contributed by atoms with Crippen molar-refractivity contribution in [3.05, 3.63) is 59.4 Å². The van der Waals surface area contributed by atoms with Crippen LogP contribution in [0.5, 0.6) is 11.5 Å². The van der Waals surface area contributed by atoms with Crippen molar-refractivity contribution in [3.63, 3.8) is 0 Å². The van der Waals surface area contributed by atoms with E-state index in [1.165, 1.54) is 37.0 Å². The lowest BCUT2D eigenvalue weighted by Crippen LogP contribution is -2.11. The molecule has 2 aromatic carbocycles. The maximum atomic E-state index is 13.8. The van der Waals surface area contributed by atoms with Gasteiger partial charge in [0.15, 0.2) is 11.6 Å². The molecule has 3 nitrogen and oxygen atoms in total. The second-order valence-electron chi connectivity index (χ2n) is 5.31. The highest BCUT2D eigenvalue weighted by molar-refractivity contribution is 5.92. The Morgan fingerprint density at radius 3 is 2.38 bits per heavy atom. The minimum Gasteiger partial charge on any atom is -0.454 e. The predicted molar refractivity (Wildman–Crippen MR) is 78.0 cm³/mol. The van der Waals surface area contributed by atoms with Crippen LogP contribution in [0.15, 0.2) is 42.5 Å². The second-order valence-corrected chi connectivity index (χ2v) is 5.31. The number of amides is 1. The lowest BCUT2D eigenvalue weighted by Gasteiger charge is -2.25. The zero-order valence-electron chi connectivity index (χ0n) is 11.5. The van der Waals surface area contributed by atoms with Gasteiger partial charge in [-0.15, -0.1) is 0 Å². The minimum absolute atomic E-state index is 0.0800. The predicted octanol–water partition coefficient (Wildman–Crippen LogP) is 3.98. The van der Waals surface area contributed by atoms with Crippen molar-refractivity contribution in [2.45, 2.75) is 25.2 Å². The number of nitrogens with two attached hydrogens (primary N) is 1. The number of halogens is 1. The molecule has 1 saturated carbocycles. The highest BCUT2D eigenvalue weighted by Crippen LogP contribution is 2.37. The van der Waals surface area contributed by atoms with Gasteiger partial charge in [0.2, 0.25) is 5.91 Å². The van der Waals surface area contributed by atoms with Crippen molar-refractivity contribution in [2.75, 3.05) is 0 Å². The average molecular weight is 285 g/mol. The standard InChI is InChI=1S/C17H16FNO2/c18-15-10-13(17(19)20)6-9-16(15)21-14-7-4-12(5-8-14)11-2-1-3-11/h4-11H,1-3H2,(H2,19,20). The largest absolute Gasteiger partial charge is 0.454 e. The summed E-state index contributed by atoms with van der Waals surface area (Å²) in [4.78, 5) is 11.0. The van der Waals surface area contributed by atoms with E-state index in [1.54, 1.807) is 0 Å². The molecule has 1 aliphatic rings. The molecule has 2 N–H and O–H groups in total. The first-order chi connectivity index (χ1) is 10.1. The third-order valence-electron chi connectivity index (χ3n) is 3.90. The Morgan fingerprint density at radius 1 is 1.14 bits per heavy atom. The maximum Gasteiger partial charge on any atom is 0.248 e. The molecule has 0 unspecified atom stereocenters. The topological polar surface area (TPSA) is 52.3 Å². The van der Waals surface area contributed by atoms with Gasteiger partial charge in [-0.25, -0.2) is 4.39 Å². The van der Waals surface area contributed by atoms with Crippen molar-refractivity contribution in [3.8, 4) is 11.5 Å². The Labute approximate surface area is 122 Å². The number of hydrogen-bond acceptors (Lipinski definition) is 2. The smallest absolute Gasteiger partial charge is 0.248 e. The van der Waals surface area contributed by atoms with Crippen LogP contribution in [0.25, 0.3) is 0 Å². The van der Waals surface area contributed by atoms with Gasteiger partial charge in [-0.3, -0.25) is 4.79 Å². The van der Waals surface area contributed by atoms with Crippen molar-refractivity contribution in [1.82, 2.24) is 0 Å². The van der Waals surface area contributed by atoms with Crippen LogP contribution in [-0.4, -0.2) is 5.91 Å². The molecule has 2 aromatic rings. The fourth-order valence-corrected chi connectivity index (χ4v) is 2.41. The first kappa shape index (κ1) is 13.6. The fourth-order valence-electron chi connectivity index (χ4n) is 2.41. The van der Waals surface area contributed by atoms with Gasteiger partial charge in [-0.2, -0.15) is 0 Å². The van der Waals surface area contributed by atoms with Gasteiger partial charge in [0.1, 0.15) is 5.75 Å². The van der Waals surface area contributed by atoms with Crippen molar-refractivity contribution < 1.29 is 13.9 Å². The van der Waals surface area contributed by atoms with Crippen molar-refractivity contribution in [2.24, 2.45) is 5.73 Å². The summed E-state index contributed by atoms with van der Waals surface area (Å²) in [7, 11) is 0. The number of benzene rings is 2. The fraction of sp³-hybridized carbons (Fsp3) is 0.235. The SMILES string of the molecule is NC(=O)c1ccc(Oc2ccc(C3CCC3)cc2)c(F)c1. The highest BCUT2D eigenvalue weighted by Gasteiger charge is 2.19. The molecule has 1 amide bonds. The Bertz CT molecular complexity index is 663. The summed E-state index contributed by atoms with van der Waals surface area (Å²) in [5.41, 5.74) is 6.53. The van der Waals surface area contributed by atoms with E-state index in [0.717, 1.165) is 6.07 Å². The Morgan fingerprint density at radius 2 is 1.86 bits per heavy atom. The third-order valence-corrected chi connectivity index (χ3v) is 3.90. The van der Waals surface area contributed by atoms with Gasteiger partial charge in [-0.05, 0) is 54.7 Å². The number of carbonyl (C=O) groups excluding carboxylic acids is 1. The number of carbonyl (C=O) groups is 1. The summed E-state index contributed by atoms with van der Waals surface area (Å²) in [6, 6.07) is 11.7. The second kappa shape index (κ2) is 5.56. The molecular weight excluding hydrogens is 269 g/mol. The summed E-state index contributed by atoms with van der Waals surface area (Å²) in [5, 5.41) is 0. The van der Waals surface area contributed by atoms with Crippen LogP contribution in [-0.2, 0) is 0 Å². The van der Waals surface area contributed by atoms with Crippen molar-refractivity contribution in [1.29, 1.82) is 0 Å². The van der Waals surface area contributed by atoms with Crippen LogP contribution in [0.1, 0.15) is 41.1 Å². The highest BCUT2D eigenvalue weighted by atomic mass is 19.1. The van der Waals surface area contributed by atoms with Crippen LogP contribution in [0.2, 0.25) is 0 Å². The normalized spacial score (nSPS) is 14.5. The quantitative estimate of drug-likeness (QED) is 0.923. The van der Waals surface area contributed by atoms with E-state index >= 15 is 0 Å². The van der Waals surface area contributed by atoms with Gasteiger partial charge < -0.3 is 10.5 Å². The van der Waals surface area contributed by atoms with Crippen LogP contribution >= 0.6 is 0 Å². The zero-order chi connectivity index (χ0) is 14.8. The average Bonchev–Trinajstić information content (AvgIpc) is 2.41. The Kier molecular flexibility index (Phi) is 3.60. The lowest BCUT2D eigenvalue weighted by molar-refractivity contribution is 0.1000. The maximum absolute atomic E-state index is 13.8. The van der Waals surface area contributed by atoms with Crippen LogP contribution in [0.3, 0.4) is 0 Å². The molecule has 0 atom stereocenters. The molecule has 0 spiro atoms. The molecular formula is C17H16FNO2. The minimum atomic E-state index is -0.662. The summed E-state index contributed by atoms with van der Waals surface area (Å²) >= 11 is 0. The molecule has 21 heavy (non-hydrogen) atoms. The molecule has 0 aliphatic heterocycles. The van der Waals surface area contributed by atoms with Crippen LogP contribution in [0.4, 0.5) is 4.39 Å². The molecule has 0 radical (unpaired) electrons. The third kappa shape index (κ3) is 2.89. The van der Waals surface area contributed by atoms with Crippen molar-refractivity contribution >= 4 is 5.91 Å². The van der Waals surface area contributed by atoms with Gasteiger partial charge in [0, 0.05) is 5.56 Å². The van der Waals surface area contributed by atoms with E-state index in [4.69, 9.17) is 10.5 Å². The van der Waals surface area contributed by atoms with Crippen LogP contribution < -0.4 is 10.5 Å². The molecule has 3 rings (SSSR count). The van der Waals surface area contributed by atoms with E-state index in [1.807, 2.05) is 24.3 Å². The number of ether oxygens (including phenoxy) is 1. The molecule has 4 heteroatoms. The van der Waals surface area contributed by atoms with Crippen LogP contribution in [0, 0.1) is 5.82 Å². The van der Waals surface area contributed by atoms with E-state index in [0.29, 0.717) is 11.7 Å². The zero-order valence-corrected chi connectivity index (χ0v) is 11.5. The first-order valence-electron chi connectivity index (χ1n) is 7.00. The number of hydrogen-bond donors (Lipinski definition) is 1. The summed E-state index contributed by atoms with van der Waals surface area (Å²) in [6.07, 6.45) is 3.77. The van der Waals surface area contributed by atoms with E-state index in [9.17, 15) is 9.18 Å². The molecule has 0 saturated heterocycles. The Balaban J connectivity index is 1.75. The van der Waals surface area contributed by atoms with E-state index in [2.05, 4.69) is 0 Å². The molecule has 1 fully saturated rings. The molecule has 1 aliphatic carbocycles. The van der Waals surface area contributed by atoms with Gasteiger partial charge in [-0.1, -0.05) is 18.6 Å². The molecule has 0 heterocycles. The monoisotopic (exact) mass is 285 g/mol. The van der Waals surface area contributed by atoms with E-state index in [-0.39, 0.29) is 11.3 Å². The molecule has 0 bridgehead atoms. The summed E-state index contributed by atoms with van der Waals surface area (Å²) in [6.45, 7) is 0. The number of rotatable bonds is 4. The van der Waals surface area contributed by atoms with Gasteiger partial charge in [0.25, 0.3) is 0 Å². The number of primary amides is 1. The first-order valence-corrected chi connectivity index (χ1v) is 7.00. The Hall–Kier alpha value is -2.36. The summed E-state index contributed by atoms with van der Waals surface area (Å²) < 4.78 is 19.3. The van der Waals surface area contributed by atoms with E-state index < -0.39 is 11.7 Å². The lowest BCUT2D eigenvalue weighted by atomic mass is 9.80. The molecule has 0 aromatic heterocycles. The summed E-state index contributed by atoms with van der Waals surface area (Å²) in [5.74, 6) is 0.0468. The van der Waals surface area contributed by atoms with Gasteiger partial charge >= 0.3 is 0 Å². The molecule has 108 valence electrons. The van der Waals surface area contributed by atoms with Gasteiger partial charge in [0.05, 0.1) is 0 Å².